The van der Waals surface area contributed by atoms with E-state index >= 15 is 0 Å². The van der Waals surface area contributed by atoms with Crippen LogP contribution in [0.25, 0.3) is 44.1 Å². The van der Waals surface area contributed by atoms with Gasteiger partial charge in [-0.2, -0.15) is 0 Å². The number of ketones is 1. The van der Waals surface area contributed by atoms with E-state index in [1.165, 1.54) is 21.7 Å². The first-order valence-corrected chi connectivity index (χ1v) is 12.1. The molecule has 0 aliphatic heterocycles. The molecule has 0 aliphatic carbocycles. The highest BCUT2D eigenvalue weighted by Gasteiger charge is 2.16. The van der Waals surface area contributed by atoms with Crippen molar-refractivity contribution in [3.8, 4) is 11.4 Å². The Bertz CT molecular complexity index is 1890. The third-order valence-electron chi connectivity index (χ3n) is 6.92. The Morgan fingerprint density at radius 2 is 1.19 bits per heavy atom. The molecular weight excluding hydrogens is 440 g/mol. The number of hydrogen-bond donors (Lipinski definition) is 0. The van der Waals surface area contributed by atoms with Crippen molar-refractivity contribution in [2.24, 2.45) is 0 Å². The number of carbonyl (C=O) groups is 1. The van der Waals surface area contributed by atoms with E-state index in [-0.39, 0.29) is 5.78 Å². The number of para-hydroxylation sites is 2. The molecule has 0 saturated heterocycles. The summed E-state index contributed by atoms with van der Waals surface area (Å²) in [6, 6.07) is 43.0. The summed E-state index contributed by atoms with van der Waals surface area (Å²) in [5.74, 6) is 0.0283. The number of fused-ring (bicyclic) bond motifs is 4. The van der Waals surface area contributed by atoms with Crippen LogP contribution in [0.15, 0.2) is 134 Å². The lowest BCUT2D eigenvalue weighted by Gasteiger charge is -2.10. The highest BCUT2D eigenvalue weighted by atomic mass is 16.1. The molecule has 0 radical (unpaired) electrons. The van der Waals surface area contributed by atoms with Crippen LogP contribution in [0.2, 0.25) is 0 Å². The lowest BCUT2D eigenvalue weighted by atomic mass is 10.0. The predicted octanol–water partition coefficient (Wildman–Crippen LogP) is 7.96. The molecule has 2 heterocycles. The summed E-state index contributed by atoms with van der Waals surface area (Å²) in [5.41, 5.74) is 6.91. The zero-order chi connectivity index (χ0) is 24.1. The number of nitrogens with zero attached hydrogens (tertiary/aromatic N) is 2. The molecule has 0 amide bonds. The summed E-state index contributed by atoms with van der Waals surface area (Å²) < 4.78 is 4.51. The zero-order valence-corrected chi connectivity index (χ0v) is 19.5. The van der Waals surface area contributed by atoms with Gasteiger partial charge >= 0.3 is 0 Å². The van der Waals surface area contributed by atoms with E-state index in [4.69, 9.17) is 0 Å². The zero-order valence-electron chi connectivity index (χ0n) is 19.5. The van der Waals surface area contributed by atoms with Crippen LogP contribution in [0.1, 0.15) is 15.9 Å². The lowest BCUT2D eigenvalue weighted by Crippen LogP contribution is -2.03. The number of aromatic nitrogens is 2. The average Bonchev–Trinajstić information content (AvgIpc) is 3.51. The lowest BCUT2D eigenvalue weighted by molar-refractivity contribution is 0.103. The van der Waals surface area contributed by atoms with E-state index in [1.54, 1.807) is 0 Å². The van der Waals surface area contributed by atoms with Crippen molar-refractivity contribution in [2.45, 2.75) is 0 Å². The average molecular weight is 463 g/mol. The van der Waals surface area contributed by atoms with Gasteiger partial charge in [-0.25, -0.2) is 0 Å². The molecule has 7 rings (SSSR count). The second kappa shape index (κ2) is 8.10. The third kappa shape index (κ3) is 3.18. The number of rotatable bonds is 4. The molecule has 2 aromatic heterocycles. The summed E-state index contributed by atoms with van der Waals surface area (Å²) in [5, 5.41) is 3.55. The third-order valence-corrected chi connectivity index (χ3v) is 6.92. The second-order valence-corrected chi connectivity index (χ2v) is 9.05. The summed E-state index contributed by atoms with van der Waals surface area (Å²) in [4.78, 5) is 13.2. The Morgan fingerprint density at radius 3 is 2.03 bits per heavy atom. The van der Waals surface area contributed by atoms with Gasteiger partial charge in [-0.05, 0) is 48.5 Å². The molecule has 0 atom stereocenters. The SMILES string of the molecule is O=C(c1ccccc1)c1cccc(-n2c3ccccc3c3cc4c(ccn4-c4ccccc4)cc32)c1. The Morgan fingerprint density at radius 1 is 0.500 bits per heavy atom. The molecule has 0 bridgehead atoms. The minimum Gasteiger partial charge on any atom is -0.317 e. The molecule has 0 fully saturated rings. The van der Waals surface area contributed by atoms with E-state index in [1.807, 2.05) is 54.6 Å². The molecule has 36 heavy (non-hydrogen) atoms. The van der Waals surface area contributed by atoms with Crippen molar-refractivity contribution in [1.82, 2.24) is 9.13 Å². The molecule has 3 nitrogen and oxygen atoms in total. The van der Waals surface area contributed by atoms with Crippen molar-refractivity contribution >= 4 is 38.5 Å². The van der Waals surface area contributed by atoms with E-state index in [9.17, 15) is 4.79 Å². The first-order chi connectivity index (χ1) is 17.8. The topological polar surface area (TPSA) is 26.9 Å². The van der Waals surface area contributed by atoms with Crippen LogP contribution in [0.5, 0.6) is 0 Å². The minimum absolute atomic E-state index is 0.0283. The summed E-state index contributed by atoms with van der Waals surface area (Å²) in [7, 11) is 0. The van der Waals surface area contributed by atoms with Gasteiger partial charge in [0, 0.05) is 44.9 Å². The van der Waals surface area contributed by atoms with Gasteiger partial charge in [0.2, 0.25) is 0 Å². The molecule has 7 aromatic rings. The number of carbonyl (C=O) groups excluding carboxylic acids is 1. The van der Waals surface area contributed by atoms with Crippen LogP contribution in [-0.4, -0.2) is 14.9 Å². The fourth-order valence-electron chi connectivity index (χ4n) is 5.23. The van der Waals surface area contributed by atoms with Crippen molar-refractivity contribution in [3.63, 3.8) is 0 Å². The van der Waals surface area contributed by atoms with Crippen LogP contribution in [0, 0.1) is 0 Å². The first kappa shape index (κ1) is 20.5. The Kier molecular flexibility index (Phi) is 4.61. The maximum absolute atomic E-state index is 13.2. The Balaban J connectivity index is 1.46. The van der Waals surface area contributed by atoms with Gasteiger partial charge in [0.05, 0.1) is 16.6 Å². The van der Waals surface area contributed by atoms with Crippen LogP contribution < -0.4 is 0 Å². The molecule has 5 aromatic carbocycles. The highest BCUT2D eigenvalue weighted by Crippen LogP contribution is 2.36. The van der Waals surface area contributed by atoms with Crippen molar-refractivity contribution < 1.29 is 4.79 Å². The van der Waals surface area contributed by atoms with Crippen molar-refractivity contribution in [3.05, 3.63) is 145 Å². The molecule has 0 saturated carbocycles. The van der Waals surface area contributed by atoms with Gasteiger partial charge in [0.15, 0.2) is 5.78 Å². The molecule has 0 spiro atoms. The molecule has 0 aliphatic rings. The van der Waals surface area contributed by atoms with Crippen molar-refractivity contribution in [2.75, 3.05) is 0 Å². The largest absolute Gasteiger partial charge is 0.317 e. The number of hydrogen-bond acceptors (Lipinski definition) is 1. The molecular formula is C33H22N2O. The maximum atomic E-state index is 13.2. The predicted molar refractivity (Wildman–Crippen MR) is 147 cm³/mol. The van der Waals surface area contributed by atoms with Crippen molar-refractivity contribution in [1.29, 1.82) is 0 Å². The highest BCUT2D eigenvalue weighted by molar-refractivity contribution is 6.14. The molecule has 0 unspecified atom stereocenters. The second-order valence-electron chi connectivity index (χ2n) is 9.05. The van der Waals surface area contributed by atoms with Gasteiger partial charge in [-0.1, -0.05) is 78.9 Å². The van der Waals surface area contributed by atoms with Gasteiger partial charge in [0.1, 0.15) is 0 Å². The van der Waals surface area contributed by atoms with Crippen LogP contribution in [0.4, 0.5) is 0 Å². The summed E-state index contributed by atoms with van der Waals surface area (Å²) in [6.07, 6.45) is 2.13. The first-order valence-electron chi connectivity index (χ1n) is 12.1. The minimum atomic E-state index is 0.0283. The van der Waals surface area contributed by atoms with Gasteiger partial charge in [0.25, 0.3) is 0 Å². The normalized spacial score (nSPS) is 11.4. The van der Waals surface area contributed by atoms with E-state index in [0.717, 1.165) is 22.4 Å². The Hall–Kier alpha value is -4.89. The standard InChI is InChI=1S/C33H22N2O/c36-33(23-10-3-1-4-11-23)25-12-9-15-27(20-25)35-30-17-8-7-16-28(30)29-22-31-24(21-32(29)35)18-19-34(31)26-13-5-2-6-14-26/h1-22H. The smallest absolute Gasteiger partial charge is 0.193 e. The van der Waals surface area contributed by atoms with Crippen LogP contribution >= 0.6 is 0 Å². The summed E-state index contributed by atoms with van der Waals surface area (Å²) >= 11 is 0. The van der Waals surface area contributed by atoms with Gasteiger partial charge in [-0.15, -0.1) is 0 Å². The van der Waals surface area contributed by atoms with E-state index in [2.05, 4.69) is 88.1 Å². The van der Waals surface area contributed by atoms with Crippen LogP contribution in [0.3, 0.4) is 0 Å². The quantitative estimate of drug-likeness (QED) is 0.244. The van der Waals surface area contributed by atoms with E-state index in [0.29, 0.717) is 11.1 Å². The van der Waals surface area contributed by atoms with Gasteiger partial charge < -0.3 is 9.13 Å². The summed E-state index contributed by atoms with van der Waals surface area (Å²) in [6.45, 7) is 0. The van der Waals surface area contributed by atoms with Gasteiger partial charge in [-0.3, -0.25) is 4.79 Å². The van der Waals surface area contributed by atoms with E-state index < -0.39 is 0 Å². The fraction of sp³-hybridized carbons (Fsp3) is 0. The molecule has 170 valence electrons. The maximum Gasteiger partial charge on any atom is 0.193 e. The molecule has 0 N–H and O–H groups in total. The Labute approximate surface area is 208 Å². The fourth-order valence-corrected chi connectivity index (χ4v) is 5.23. The van der Waals surface area contributed by atoms with Crippen LogP contribution in [-0.2, 0) is 0 Å². The monoisotopic (exact) mass is 462 g/mol. The number of benzene rings is 5. The molecule has 3 heteroatoms.